The normalized spacial score (nSPS) is 12.0. The molecular formula is C49H29N3O2S. The Labute approximate surface area is 318 Å². The Kier molecular flexibility index (Phi) is 6.44. The molecule has 0 atom stereocenters. The number of nitrogens with zero attached hydrogens (tertiary/aromatic N) is 3. The SMILES string of the molecule is c1ccc(-c2nc3cc4c(cc3o2)oc2cc(N(c3ccc5c(c3)sc3ccccc35)c3cccc5c6ccccc6n(-c6ccccc6)c35)ccc24)cc1. The maximum absolute atomic E-state index is 6.66. The van der Waals surface area contributed by atoms with E-state index in [-0.39, 0.29) is 0 Å². The molecule has 0 N–H and O–H groups in total. The van der Waals surface area contributed by atoms with Crippen LogP contribution in [0.25, 0.3) is 92.2 Å². The van der Waals surface area contributed by atoms with Crippen molar-refractivity contribution in [1.82, 2.24) is 9.55 Å². The summed E-state index contributed by atoms with van der Waals surface area (Å²) in [5.74, 6) is 0.600. The largest absolute Gasteiger partial charge is 0.456 e. The van der Waals surface area contributed by atoms with Gasteiger partial charge in [0.15, 0.2) is 5.58 Å². The fourth-order valence-electron chi connectivity index (χ4n) is 8.34. The van der Waals surface area contributed by atoms with Crippen LogP contribution in [0, 0.1) is 0 Å². The lowest BCUT2D eigenvalue weighted by Gasteiger charge is -2.27. The topological polar surface area (TPSA) is 47.3 Å². The first-order chi connectivity index (χ1) is 27.2. The second kappa shape index (κ2) is 11.7. The number of thiophene rings is 1. The Morgan fingerprint density at radius 1 is 0.473 bits per heavy atom. The van der Waals surface area contributed by atoms with E-state index in [0.717, 1.165) is 66.8 Å². The predicted octanol–water partition coefficient (Wildman–Crippen LogP) is 14.3. The first kappa shape index (κ1) is 30.3. The van der Waals surface area contributed by atoms with Crippen molar-refractivity contribution in [3.63, 3.8) is 0 Å². The van der Waals surface area contributed by atoms with Gasteiger partial charge in [-0.25, -0.2) is 4.98 Å². The van der Waals surface area contributed by atoms with Crippen LogP contribution >= 0.6 is 11.3 Å². The van der Waals surface area contributed by atoms with Crippen LogP contribution in [-0.4, -0.2) is 9.55 Å². The molecular weight excluding hydrogens is 695 g/mol. The van der Waals surface area contributed by atoms with Gasteiger partial charge in [-0.3, -0.25) is 0 Å². The van der Waals surface area contributed by atoms with Gasteiger partial charge in [-0.05, 0) is 72.8 Å². The zero-order valence-corrected chi connectivity index (χ0v) is 30.1. The van der Waals surface area contributed by atoms with Crippen LogP contribution in [0.15, 0.2) is 185 Å². The molecule has 12 aromatic rings. The molecule has 55 heavy (non-hydrogen) atoms. The van der Waals surface area contributed by atoms with Gasteiger partial charge in [-0.2, -0.15) is 0 Å². The van der Waals surface area contributed by atoms with Crippen molar-refractivity contribution in [3.8, 4) is 17.1 Å². The molecule has 0 bridgehead atoms. The highest BCUT2D eigenvalue weighted by atomic mass is 32.1. The van der Waals surface area contributed by atoms with Crippen molar-refractivity contribution in [2.45, 2.75) is 0 Å². The van der Waals surface area contributed by atoms with Gasteiger partial charge in [0.25, 0.3) is 0 Å². The third-order valence-electron chi connectivity index (χ3n) is 10.8. The minimum atomic E-state index is 0.600. The molecule has 12 rings (SSSR count). The molecule has 8 aromatic carbocycles. The monoisotopic (exact) mass is 723 g/mol. The summed E-state index contributed by atoms with van der Waals surface area (Å²) < 4.78 is 17.8. The third-order valence-corrected chi connectivity index (χ3v) is 11.9. The molecule has 6 heteroatoms. The van der Waals surface area contributed by atoms with Crippen LogP contribution in [0.2, 0.25) is 0 Å². The fourth-order valence-corrected chi connectivity index (χ4v) is 9.48. The highest BCUT2D eigenvalue weighted by Gasteiger charge is 2.23. The lowest BCUT2D eigenvalue weighted by atomic mass is 10.1. The quantitative estimate of drug-likeness (QED) is 0.177. The Balaban J connectivity index is 1.10. The number of anilines is 3. The molecule has 0 radical (unpaired) electrons. The van der Waals surface area contributed by atoms with Gasteiger partial charge in [0.2, 0.25) is 5.89 Å². The molecule has 4 aromatic heterocycles. The molecule has 0 aliphatic rings. The minimum absolute atomic E-state index is 0.600. The Morgan fingerprint density at radius 3 is 2.04 bits per heavy atom. The van der Waals surface area contributed by atoms with Crippen LogP contribution in [0.1, 0.15) is 0 Å². The van der Waals surface area contributed by atoms with Gasteiger partial charge in [0, 0.05) is 76.5 Å². The average Bonchev–Trinajstić information content (AvgIpc) is 4.00. The highest BCUT2D eigenvalue weighted by Crippen LogP contribution is 2.46. The first-order valence-electron chi connectivity index (χ1n) is 18.4. The molecule has 0 unspecified atom stereocenters. The second-order valence-corrected chi connectivity index (χ2v) is 15.0. The van der Waals surface area contributed by atoms with E-state index >= 15 is 0 Å². The third kappa shape index (κ3) is 4.62. The second-order valence-electron chi connectivity index (χ2n) is 14.0. The minimum Gasteiger partial charge on any atom is -0.456 e. The predicted molar refractivity (Wildman–Crippen MR) is 229 cm³/mol. The summed E-state index contributed by atoms with van der Waals surface area (Å²) >= 11 is 1.83. The number of benzene rings is 8. The Bertz CT molecular complexity index is 3450. The van der Waals surface area contributed by atoms with Crippen LogP contribution in [-0.2, 0) is 0 Å². The van der Waals surface area contributed by atoms with Crippen LogP contribution in [0.4, 0.5) is 17.1 Å². The van der Waals surface area contributed by atoms with Crippen LogP contribution in [0.5, 0.6) is 0 Å². The summed E-state index contributed by atoms with van der Waals surface area (Å²) in [7, 11) is 0. The number of fused-ring (bicyclic) bond motifs is 10. The number of hydrogen-bond donors (Lipinski definition) is 0. The van der Waals surface area contributed by atoms with Crippen molar-refractivity contribution >= 4 is 103 Å². The van der Waals surface area contributed by atoms with E-state index in [1.165, 1.54) is 30.9 Å². The highest BCUT2D eigenvalue weighted by molar-refractivity contribution is 7.25. The number of para-hydroxylation sites is 3. The van der Waals surface area contributed by atoms with E-state index in [4.69, 9.17) is 13.8 Å². The molecule has 0 spiro atoms. The standard InChI is InChI=1S/C49H29N3O2S/c1-3-12-30(13-4-1)49-50-40-28-39-35-24-22-32(26-43(35)53-44(39)29-45(40)54-49)51(33-23-25-37-36-17-8-10-21-46(36)55-47(37)27-33)42-20-11-18-38-34-16-7-9-19-41(34)52(48(38)42)31-14-5-2-6-15-31/h1-29H. The lowest BCUT2D eigenvalue weighted by Crippen LogP contribution is -2.11. The molecule has 0 aliphatic carbocycles. The van der Waals surface area contributed by atoms with E-state index in [9.17, 15) is 0 Å². The number of rotatable bonds is 5. The molecule has 0 saturated carbocycles. The summed E-state index contributed by atoms with van der Waals surface area (Å²) in [6.45, 7) is 0. The van der Waals surface area contributed by atoms with E-state index in [0.29, 0.717) is 11.5 Å². The van der Waals surface area contributed by atoms with Gasteiger partial charge in [-0.15, -0.1) is 11.3 Å². The van der Waals surface area contributed by atoms with Gasteiger partial charge in [-0.1, -0.05) is 91.0 Å². The maximum atomic E-state index is 6.66. The van der Waals surface area contributed by atoms with Gasteiger partial charge in [0.05, 0.1) is 16.7 Å². The average molecular weight is 724 g/mol. The van der Waals surface area contributed by atoms with E-state index in [1.807, 2.05) is 47.7 Å². The van der Waals surface area contributed by atoms with Crippen molar-refractivity contribution in [2.24, 2.45) is 0 Å². The molecule has 5 nitrogen and oxygen atoms in total. The lowest BCUT2D eigenvalue weighted by molar-refractivity contribution is 0.617. The van der Waals surface area contributed by atoms with Crippen LogP contribution in [0.3, 0.4) is 0 Å². The number of oxazole rings is 1. The molecule has 0 fully saturated rings. The van der Waals surface area contributed by atoms with Crippen molar-refractivity contribution in [2.75, 3.05) is 4.90 Å². The molecule has 4 heterocycles. The summed E-state index contributed by atoms with van der Waals surface area (Å²) in [6.07, 6.45) is 0. The van der Waals surface area contributed by atoms with Gasteiger partial charge >= 0.3 is 0 Å². The van der Waals surface area contributed by atoms with E-state index in [2.05, 4.69) is 149 Å². The van der Waals surface area contributed by atoms with Gasteiger partial charge < -0.3 is 18.3 Å². The number of aromatic nitrogens is 2. The zero-order valence-electron chi connectivity index (χ0n) is 29.3. The summed E-state index contributed by atoms with van der Waals surface area (Å²) in [5, 5.41) is 6.99. The van der Waals surface area contributed by atoms with Crippen molar-refractivity contribution < 1.29 is 8.83 Å². The molecule has 0 saturated heterocycles. The van der Waals surface area contributed by atoms with Crippen LogP contribution < -0.4 is 4.90 Å². The van der Waals surface area contributed by atoms with Crippen molar-refractivity contribution in [3.05, 3.63) is 176 Å². The Hall–Kier alpha value is -7.15. The zero-order chi connectivity index (χ0) is 36.0. The smallest absolute Gasteiger partial charge is 0.227 e. The summed E-state index contributed by atoms with van der Waals surface area (Å²) in [5.41, 5.74) is 10.6. The molecule has 258 valence electrons. The maximum Gasteiger partial charge on any atom is 0.227 e. The number of furan rings is 1. The van der Waals surface area contributed by atoms with Gasteiger partial charge in [0.1, 0.15) is 16.7 Å². The molecule has 0 amide bonds. The first-order valence-corrected chi connectivity index (χ1v) is 19.2. The molecule has 0 aliphatic heterocycles. The number of hydrogen-bond acceptors (Lipinski definition) is 5. The van der Waals surface area contributed by atoms with Crippen molar-refractivity contribution in [1.29, 1.82) is 0 Å². The summed E-state index contributed by atoms with van der Waals surface area (Å²) in [4.78, 5) is 7.23. The Morgan fingerprint density at radius 2 is 1.16 bits per heavy atom. The van der Waals surface area contributed by atoms with E-state index < -0.39 is 0 Å². The van der Waals surface area contributed by atoms with E-state index in [1.54, 1.807) is 0 Å². The summed E-state index contributed by atoms with van der Waals surface area (Å²) in [6, 6.07) is 62.1. The fraction of sp³-hybridized carbons (Fsp3) is 0.